The minimum Gasteiger partial charge on any atom is -0.494 e. The molecule has 144 valence electrons. The number of carbonyl (C=O) groups is 2. The highest BCUT2D eigenvalue weighted by molar-refractivity contribution is 7.11. The quantitative estimate of drug-likeness (QED) is 0.556. The number of hydrogen-bond donors (Lipinski definition) is 2. The van der Waals surface area contributed by atoms with Crippen molar-refractivity contribution < 1.29 is 19.1 Å². The minimum absolute atomic E-state index is 0.268. The lowest BCUT2D eigenvalue weighted by Gasteiger charge is -2.07. The van der Waals surface area contributed by atoms with E-state index < -0.39 is 6.09 Å². The van der Waals surface area contributed by atoms with Gasteiger partial charge in [0.25, 0.3) is 5.91 Å². The molecule has 9 heteroatoms. The Morgan fingerprint density at radius 3 is 2.52 bits per heavy atom. The Morgan fingerprint density at radius 2 is 1.89 bits per heavy atom. The summed E-state index contributed by atoms with van der Waals surface area (Å²) in [6, 6.07) is 6.78. The molecule has 0 saturated carbocycles. The van der Waals surface area contributed by atoms with E-state index in [1.807, 2.05) is 6.92 Å². The Labute approximate surface area is 161 Å². The standard InChI is InChI=1S/C18H22N4O4S/c1-5-25-14-9-7-13(8-10-14)16(23)21-20-11(3)15-12(4)22-27-17(15)19-18(24)26-6-2/h7-10H,5-6H2,1-4H3,(H,19,24)(H,21,23)/b20-11+. The molecule has 0 aliphatic carbocycles. The average molecular weight is 390 g/mol. The first kappa shape index (κ1) is 20.4. The maximum Gasteiger partial charge on any atom is 0.412 e. The van der Waals surface area contributed by atoms with Crippen molar-refractivity contribution in [2.75, 3.05) is 18.5 Å². The topological polar surface area (TPSA) is 102 Å². The molecule has 1 heterocycles. The zero-order valence-electron chi connectivity index (χ0n) is 15.7. The van der Waals surface area contributed by atoms with Crippen LogP contribution in [0.25, 0.3) is 0 Å². The monoisotopic (exact) mass is 390 g/mol. The van der Waals surface area contributed by atoms with E-state index in [9.17, 15) is 9.59 Å². The molecule has 2 aromatic rings. The normalized spacial score (nSPS) is 11.0. The third-order valence-electron chi connectivity index (χ3n) is 3.47. The highest BCUT2D eigenvalue weighted by Gasteiger charge is 2.17. The number of aryl methyl sites for hydroxylation is 1. The molecule has 0 radical (unpaired) electrons. The molecule has 0 saturated heterocycles. The van der Waals surface area contributed by atoms with Gasteiger partial charge in [0.05, 0.1) is 30.2 Å². The molecule has 1 aromatic carbocycles. The number of nitrogens with one attached hydrogen (secondary N) is 2. The van der Waals surface area contributed by atoms with Crippen LogP contribution in [0.3, 0.4) is 0 Å². The Bertz CT molecular complexity index is 830. The largest absolute Gasteiger partial charge is 0.494 e. The van der Waals surface area contributed by atoms with Crippen LogP contribution in [0, 0.1) is 6.92 Å². The summed E-state index contributed by atoms with van der Waals surface area (Å²) in [5.74, 6) is 0.349. The van der Waals surface area contributed by atoms with Gasteiger partial charge in [0.2, 0.25) is 0 Å². The molecule has 2 rings (SSSR count). The van der Waals surface area contributed by atoms with Crippen molar-refractivity contribution in [1.29, 1.82) is 0 Å². The lowest BCUT2D eigenvalue weighted by atomic mass is 10.1. The van der Waals surface area contributed by atoms with Crippen molar-refractivity contribution in [3.05, 3.63) is 41.1 Å². The second-order valence-electron chi connectivity index (χ2n) is 5.41. The van der Waals surface area contributed by atoms with Crippen molar-refractivity contribution in [2.24, 2.45) is 5.10 Å². The summed E-state index contributed by atoms with van der Waals surface area (Å²) in [6.07, 6.45) is -0.561. The van der Waals surface area contributed by atoms with Crippen LogP contribution in [0.5, 0.6) is 5.75 Å². The van der Waals surface area contributed by atoms with Gasteiger partial charge in [0, 0.05) is 5.56 Å². The summed E-state index contributed by atoms with van der Waals surface area (Å²) in [5, 5.41) is 7.29. The van der Waals surface area contributed by atoms with Gasteiger partial charge in [-0.25, -0.2) is 10.2 Å². The van der Waals surface area contributed by atoms with Gasteiger partial charge in [0.15, 0.2) is 0 Å². The second-order valence-corrected chi connectivity index (χ2v) is 6.19. The second kappa shape index (κ2) is 9.67. The summed E-state index contributed by atoms with van der Waals surface area (Å²) < 4.78 is 14.5. The van der Waals surface area contributed by atoms with Crippen LogP contribution in [0.1, 0.15) is 42.4 Å². The molecule has 27 heavy (non-hydrogen) atoms. The third kappa shape index (κ3) is 5.52. The average Bonchev–Trinajstić information content (AvgIpc) is 3.00. The predicted octanol–water partition coefficient (Wildman–Crippen LogP) is 3.57. The van der Waals surface area contributed by atoms with E-state index in [1.54, 1.807) is 45.0 Å². The molecule has 1 aromatic heterocycles. The molecule has 0 aliphatic rings. The van der Waals surface area contributed by atoms with Crippen molar-refractivity contribution in [1.82, 2.24) is 9.80 Å². The Kier molecular flexibility index (Phi) is 7.30. The number of rotatable bonds is 7. The summed E-state index contributed by atoms with van der Waals surface area (Å²) in [6.45, 7) is 7.97. The summed E-state index contributed by atoms with van der Waals surface area (Å²) in [5.41, 5.74) is 4.84. The lowest BCUT2D eigenvalue weighted by molar-refractivity contribution is 0.0954. The van der Waals surface area contributed by atoms with Gasteiger partial charge in [-0.15, -0.1) is 0 Å². The van der Waals surface area contributed by atoms with Gasteiger partial charge >= 0.3 is 6.09 Å². The number of amides is 2. The van der Waals surface area contributed by atoms with Crippen molar-refractivity contribution in [3.63, 3.8) is 0 Å². The Morgan fingerprint density at radius 1 is 1.19 bits per heavy atom. The smallest absolute Gasteiger partial charge is 0.412 e. The van der Waals surface area contributed by atoms with Gasteiger partial charge in [-0.3, -0.25) is 10.1 Å². The number of aromatic nitrogens is 1. The molecule has 0 fully saturated rings. The number of anilines is 1. The first-order valence-corrected chi connectivity index (χ1v) is 9.21. The Balaban J connectivity index is 2.09. The van der Waals surface area contributed by atoms with E-state index in [4.69, 9.17) is 9.47 Å². The zero-order chi connectivity index (χ0) is 19.8. The molecular formula is C18H22N4O4S. The first-order chi connectivity index (χ1) is 13.0. The molecular weight excluding hydrogens is 368 g/mol. The van der Waals surface area contributed by atoms with E-state index >= 15 is 0 Å². The third-order valence-corrected chi connectivity index (χ3v) is 4.32. The van der Waals surface area contributed by atoms with Crippen molar-refractivity contribution in [2.45, 2.75) is 27.7 Å². The molecule has 8 nitrogen and oxygen atoms in total. The number of ether oxygens (including phenoxy) is 2. The van der Waals surface area contributed by atoms with Gasteiger partial charge in [-0.2, -0.15) is 9.47 Å². The van der Waals surface area contributed by atoms with Gasteiger partial charge in [-0.1, -0.05) is 0 Å². The van der Waals surface area contributed by atoms with E-state index in [0.29, 0.717) is 39.9 Å². The number of nitrogens with zero attached hydrogens (tertiary/aromatic N) is 2. The van der Waals surface area contributed by atoms with Crippen molar-refractivity contribution >= 4 is 34.2 Å². The first-order valence-electron chi connectivity index (χ1n) is 8.44. The van der Waals surface area contributed by atoms with Crippen LogP contribution in [-0.2, 0) is 4.74 Å². The Hall–Kier alpha value is -2.94. The van der Waals surface area contributed by atoms with Crippen molar-refractivity contribution in [3.8, 4) is 5.75 Å². The SMILES string of the molecule is CCOC(=O)Nc1snc(C)c1/C(C)=N/NC(=O)c1ccc(OCC)cc1. The highest BCUT2D eigenvalue weighted by atomic mass is 32.1. The van der Waals surface area contributed by atoms with Gasteiger partial charge < -0.3 is 9.47 Å². The van der Waals surface area contributed by atoms with Crippen LogP contribution < -0.4 is 15.5 Å². The van der Waals surface area contributed by atoms with Gasteiger partial charge in [0.1, 0.15) is 10.8 Å². The van der Waals surface area contributed by atoms with E-state index in [-0.39, 0.29) is 12.5 Å². The van der Waals surface area contributed by atoms with Crippen LogP contribution in [-0.4, -0.2) is 35.3 Å². The molecule has 2 amide bonds. The molecule has 0 aliphatic heterocycles. The number of hydrazone groups is 1. The molecule has 0 atom stereocenters. The maximum absolute atomic E-state index is 12.3. The highest BCUT2D eigenvalue weighted by Crippen LogP contribution is 2.25. The summed E-state index contributed by atoms with van der Waals surface area (Å²) in [4.78, 5) is 23.9. The number of hydrogen-bond acceptors (Lipinski definition) is 7. The van der Waals surface area contributed by atoms with E-state index in [2.05, 4.69) is 20.2 Å². The maximum atomic E-state index is 12.3. The molecule has 0 bridgehead atoms. The predicted molar refractivity (Wildman–Crippen MR) is 105 cm³/mol. The number of carbonyl (C=O) groups excluding carboxylic acids is 2. The van der Waals surface area contributed by atoms with E-state index in [1.165, 1.54) is 0 Å². The summed E-state index contributed by atoms with van der Waals surface area (Å²) in [7, 11) is 0. The van der Waals surface area contributed by atoms with E-state index in [0.717, 1.165) is 11.5 Å². The van der Waals surface area contributed by atoms with Crippen LogP contribution >= 0.6 is 11.5 Å². The molecule has 0 unspecified atom stereocenters. The molecule has 2 N–H and O–H groups in total. The number of benzene rings is 1. The fourth-order valence-electron chi connectivity index (χ4n) is 2.27. The van der Waals surface area contributed by atoms with Crippen LogP contribution in [0.15, 0.2) is 29.4 Å². The lowest BCUT2D eigenvalue weighted by Crippen LogP contribution is -2.20. The van der Waals surface area contributed by atoms with Crippen LogP contribution in [0.2, 0.25) is 0 Å². The van der Waals surface area contributed by atoms with Crippen LogP contribution in [0.4, 0.5) is 9.80 Å². The van der Waals surface area contributed by atoms with Gasteiger partial charge in [-0.05, 0) is 63.5 Å². The summed E-state index contributed by atoms with van der Waals surface area (Å²) >= 11 is 1.13. The zero-order valence-corrected chi connectivity index (χ0v) is 16.5. The fourth-order valence-corrected chi connectivity index (χ4v) is 3.10. The fraction of sp³-hybridized carbons (Fsp3) is 0.333. The molecule has 0 spiro atoms. The minimum atomic E-state index is -0.561.